The zero-order valence-electron chi connectivity index (χ0n) is 22.5. The number of anilines is 2. The van der Waals surface area contributed by atoms with E-state index in [1.54, 1.807) is 12.1 Å². The minimum Gasteiger partial charge on any atom is -0.508 e. The van der Waals surface area contributed by atoms with Crippen LogP contribution in [0.25, 0.3) is 32.8 Å². The number of fused-ring (bicyclic) bond motifs is 4. The number of aromatic nitrogens is 2. The molecule has 4 aliphatic rings. The Hall–Kier alpha value is -3.20. The Kier molecular flexibility index (Phi) is 5.47. The Morgan fingerprint density at radius 3 is 2.52 bits per heavy atom. The average Bonchev–Trinajstić information content (AvgIpc) is 3.48. The molecule has 206 valence electrons. The van der Waals surface area contributed by atoms with Gasteiger partial charge in [0.2, 0.25) is 5.95 Å². The number of benzene rings is 3. The number of nitrogens with zero attached hydrogens (tertiary/aromatic N) is 5. The first-order valence-electron chi connectivity index (χ1n) is 14.2. The van der Waals surface area contributed by atoms with Gasteiger partial charge in [-0.25, -0.2) is 9.37 Å². The van der Waals surface area contributed by atoms with Crippen LogP contribution >= 0.6 is 11.6 Å². The van der Waals surface area contributed by atoms with Crippen LogP contribution in [0.1, 0.15) is 19.3 Å². The van der Waals surface area contributed by atoms with Crippen molar-refractivity contribution in [3.63, 3.8) is 0 Å². The summed E-state index contributed by atoms with van der Waals surface area (Å²) >= 11 is 6.89. The second kappa shape index (κ2) is 8.90. The van der Waals surface area contributed by atoms with Crippen molar-refractivity contribution < 1.29 is 9.50 Å². The Morgan fingerprint density at radius 2 is 1.77 bits per heavy atom. The van der Waals surface area contributed by atoms with E-state index in [9.17, 15) is 5.11 Å². The lowest BCUT2D eigenvalue weighted by Gasteiger charge is -2.48. The lowest BCUT2D eigenvalue weighted by molar-refractivity contribution is 0.215. The first kappa shape index (κ1) is 24.6. The van der Waals surface area contributed by atoms with Crippen LogP contribution < -0.4 is 15.1 Å². The van der Waals surface area contributed by atoms with Crippen LogP contribution in [0.2, 0.25) is 5.02 Å². The van der Waals surface area contributed by atoms with Gasteiger partial charge in [0.1, 0.15) is 17.1 Å². The number of likely N-dealkylation sites (tertiary alicyclic amines) is 1. The van der Waals surface area contributed by atoms with Crippen LogP contribution in [0.15, 0.2) is 42.5 Å². The summed E-state index contributed by atoms with van der Waals surface area (Å²) in [7, 11) is 2.17. The zero-order valence-corrected chi connectivity index (χ0v) is 23.3. The molecule has 9 heteroatoms. The van der Waals surface area contributed by atoms with Gasteiger partial charge >= 0.3 is 0 Å². The lowest BCUT2D eigenvalue weighted by Crippen LogP contribution is -2.58. The highest BCUT2D eigenvalue weighted by molar-refractivity contribution is 6.35. The number of nitrogens with one attached hydrogen (secondary N) is 1. The topological polar surface area (TPSA) is 67.8 Å². The van der Waals surface area contributed by atoms with Gasteiger partial charge in [-0.1, -0.05) is 35.9 Å². The zero-order chi connectivity index (χ0) is 27.2. The maximum atomic E-state index is 16.8. The molecule has 3 aromatic carbocycles. The van der Waals surface area contributed by atoms with E-state index < -0.39 is 5.82 Å². The number of hydrogen-bond acceptors (Lipinski definition) is 7. The molecule has 1 spiro atoms. The monoisotopic (exact) mass is 558 g/mol. The summed E-state index contributed by atoms with van der Waals surface area (Å²) in [6.07, 6.45) is 3.45. The molecule has 5 heterocycles. The van der Waals surface area contributed by atoms with Gasteiger partial charge in [0, 0.05) is 61.2 Å². The first-order valence-corrected chi connectivity index (χ1v) is 14.6. The summed E-state index contributed by atoms with van der Waals surface area (Å²) in [5, 5.41) is 16.8. The Bertz CT molecular complexity index is 1660. The van der Waals surface area contributed by atoms with E-state index in [-0.39, 0.29) is 27.3 Å². The molecular weight excluding hydrogens is 527 g/mol. The molecule has 4 saturated heterocycles. The number of phenols is 1. The largest absolute Gasteiger partial charge is 0.508 e. The summed E-state index contributed by atoms with van der Waals surface area (Å²) in [5.41, 5.74) is 1.36. The van der Waals surface area contributed by atoms with Crippen LogP contribution in [0.4, 0.5) is 16.2 Å². The van der Waals surface area contributed by atoms with Crippen molar-refractivity contribution in [3.05, 3.63) is 53.3 Å². The van der Waals surface area contributed by atoms with E-state index in [0.717, 1.165) is 68.7 Å². The minimum atomic E-state index is -0.475. The number of hydrogen-bond donors (Lipinski definition) is 2. The standard InChI is InChI=1S/C31H32ClFN6O/c1-37-9-8-31(15-37)16-39(17-31)30-35-28-24(29(36-30)38-13-19-6-7-20(14-38)34-19)12-25(32)26(27(28)33)23-11-21(40)10-18-4-2-3-5-22(18)23/h2-5,10-12,19-20,34,40H,6-9,13-17H2,1H3. The van der Waals surface area contributed by atoms with E-state index >= 15 is 4.39 Å². The van der Waals surface area contributed by atoms with Crippen molar-refractivity contribution in [3.8, 4) is 16.9 Å². The molecule has 40 heavy (non-hydrogen) atoms. The third-order valence-corrected chi connectivity index (χ3v) is 9.75. The Morgan fingerprint density at radius 1 is 1.00 bits per heavy atom. The van der Waals surface area contributed by atoms with Crippen molar-refractivity contribution in [2.75, 3.05) is 56.1 Å². The lowest BCUT2D eigenvalue weighted by atomic mass is 9.79. The highest BCUT2D eigenvalue weighted by atomic mass is 35.5. The van der Waals surface area contributed by atoms with Crippen LogP contribution in [-0.4, -0.2) is 78.4 Å². The predicted molar refractivity (Wildman–Crippen MR) is 158 cm³/mol. The predicted octanol–water partition coefficient (Wildman–Crippen LogP) is 5.03. The number of phenolic OH excluding ortho intramolecular Hbond substituents is 1. The fourth-order valence-electron chi connectivity index (χ4n) is 7.59. The number of aromatic hydroxyl groups is 1. The molecule has 1 aromatic heterocycles. The average molecular weight is 559 g/mol. The van der Waals surface area contributed by atoms with Crippen LogP contribution in [0.3, 0.4) is 0 Å². The molecule has 0 radical (unpaired) electrons. The minimum absolute atomic E-state index is 0.0667. The molecule has 4 aromatic rings. The maximum Gasteiger partial charge on any atom is 0.228 e. The molecule has 2 bridgehead atoms. The molecular formula is C31H32ClFN6O. The van der Waals surface area contributed by atoms with Crippen LogP contribution in [-0.2, 0) is 0 Å². The van der Waals surface area contributed by atoms with Gasteiger partial charge in [-0.15, -0.1) is 0 Å². The van der Waals surface area contributed by atoms with Gasteiger partial charge in [0.15, 0.2) is 5.82 Å². The maximum absolute atomic E-state index is 16.8. The van der Waals surface area contributed by atoms with Gasteiger partial charge < -0.3 is 25.1 Å². The van der Waals surface area contributed by atoms with Crippen molar-refractivity contribution in [2.24, 2.45) is 5.41 Å². The third kappa shape index (κ3) is 3.84. The van der Waals surface area contributed by atoms with E-state index in [1.807, 2.05) is 30.3 Å². The number of halogens is 2. The number of piperazine rings is 1. The van der Waals surface area contributed by atoms with E-state index in [1.165, 1.54) is 6.42 Å². The van der Waals surface area contributed by atoms with E-state index in [0.29, 0.717) is 29.0 Å². The molecule has 4 fully saturated rings. The van der Waals surface area contributed by atoms with Gasteiger partial charge in [-0.05, 0) is 67.4 Å². The van der Waals surface area contributed by atoms with Crippen molar-refractivity contribution in [1.29, 1.82) is 0 Å². The van der Waals surface area contributed by atoms with E-state index in [4.69, 9.17) is 21.6 Å². The van der Waals surface area contributed by atoms with Gasteiger partial charge in [-0.3, -0.25) is 0 Å². The van der Waals surface area contributed by atoms with Gasteiger partial charge in [-0.2, -0.15) is 4.98 Å². The Balaban J connectivity index is 1.30. The first-order chi connectivity index (χ1) is 19.4. The molecule has 0 saturated carbocycles. The van der Waals surface area contributed by atoms with E-state index in [2.05, 4.69) is 27.1 Å². The van der Waals surface area contributed by atoms with Crippen LogP contribution in [0, 0.1) is 11.2 Å². The normalized spacial score (nSPS) is 24.0. The summed E-state index contributed by atoms with van der Waals surface area (Å²) in [6, 6.07) is 13.6. The molecule has 4 aliphatic heterocycles. The fraction of sp³-hybridized carbons (Fsp3) is 0.419. The highest BCUT2D eigenvalue weighted by Gasteiger charge is 2.48. The SMILES string of the molecule is CN1CCC2(C1)CN(c1nc(N3CC4CCC(C3)N4)c3cc(Cl)c(-c4cc(O)cc5ccccc45)c(F)c3n1)C2. The summed E-state index contributed by atoms with van der Waals surface area (Å²) in [5.74, 6) is 0.937. The molecule has 2 atom stereocenters. The molecule has 0 aliphatic carbocycles. The summed E-state index contributed by atoms with van der Waals surface area (Å²) in [4.78, 5) is 16.9. The second-order valence-electron chi connectivity index (χ2n) is 12.4. The van der Waals surface area contributed by atoms with Gasteiger partial charge in [0.05, 0.1) is 5.02 Å². The molecule has 2 N–H and O–H groups in total. The molecule has 8 rings (SSSR count). The van der Waals surface area contributed by atoms with Crippen LogP contribution in [0.5, 0.6) is 5.75 Å². The number of rotatable bonds is 3. The highest BCUT2D eigenvalue weighted by Crippen LogP contribution is 2.45. The quantitative estimate of drug-likeness (QED) is 0.365. The second-order valence-corrected chi connectivity index (χ2v) is 12.8. The smallest absolute Gasteiger partial charge is 0.228 e. The summed E-state index contributed by atoms with van der Waals surface area (Å²) < 4.78 is 16.8. The molecule has 0 amide bonds. The Labute approximate surface area is 237 Å². The van der Waals surface area contributed by atoms with Crippen molar-refractivity contribution >= 4 is 45.0 Å². The van der Waals surface area contributed by atoms with Gasteiger partial charge in [0.25, 0.3) is 0 Å². The third-order valence-electron chi connectivity index (χ3n) is 9.45. The molecule has 2 unspecified atom stereocenters. The molecule has 7 nitrogen and oxygen atoms in total. The summed E-state index contributed by atoms with van der Waals surface area (Å²) in [6.45, 7) is 5.60. The van der Waals surface area contributed by atoms with Crippen molar-refractivity contribution in [1.82, 2.24) is 20.2 Å². The fourth-order valence-corrected chi connectivity index (χ4v) is 7.88. The van der Waals surface area contributed by atoms with Crippen molar-refractivity contribution in [2.45, 2.75) is 31.3 Å².